The largest absolute Gasteiger partial charge is 0.492 e. The summed E-state index contributed by atoms with van der Waals surface area (Å²) in [5.41, 5.74) is 2.35. The molecule has 0 spiro atoms. The number of nitrogens with one attached hydrogen (secondary N) is 1. The highest BCUT2D eigenvalue weighted by molar-refractivity contribution is 6.11. The summed E-state index contributed by atoms with van der Waals surface area (Å²) in [4.78, 5) is 46.9. The fourth-order valence-corrected chi connectivity index (χ4v) is 10.9. The first-order valence-electron chi connectivity index (χ1n) is 21.8. The number of Topliss-reactive ketones (excluding diaryl/α,β-unsaturated/α-hetero) is 1. The van der Waals surface area contributed by atoms with E-state index in [1.54, 1.807) is 14.0 Å². The number of rotatable bonds is 15. The minimum Gasteiger partial charge on any atom is -0.492 e. The fraction of sp³-hybridized carbons (Fsp3) is 0.553. The first-order valence-corrected chi connectivity index (χ1v) is 21.8. The SMILES string of the molecule is CCOC(=O)C1=C(C=O)/C(=C2\C[C@H](CO)C(=O)[C@@H](c3ccc4[nH]ccc4c3)C2)c2c(OCCCO)c3c(c(CO)c2O1)O[C@H]([C@@]1(O)CCC[C@H]2CN(CCCOC)CC[C@@H]21)C3. The van der Waals surface area contributed by atoms with Crippen molar-refractivity contribution >= 4 is 34.5 Å². The number of esters is 1. The Hall–Kier alpha value is -4.57. The van der Waals surface area contributed by atoms with Crippen LogP contribution < -0.4 is 14.2 Å². The molecule has 0 amide bonds. The summed E-state index contributed by atoms with van der Waals surface area (Å²) in [6.07, 6.45) is 6.47. The van der Waals surface area contributed by atoms with Crippen LogP contribution in [0, 0.1) is 17.8 Å². The van der Waals surface area contributed by atoms with Crippen LogP contribution in [0.4, 0.5) is 0 Å². The number of hydrogen-bond acceptors (Lipinski definition) is 13. The first kappa shape index (κ1) is 43.1. The van der Waals surface area contributed by atoms with E-state index in [1.807, 2.05) is 30.5 Å². The molecule has 4 heterocycles. The highest BCUT2D eigenvalue weighted by Crippen LogP contribution is 2.58. The molecular weight excluding hydrogens is 785 g/mol. The van der Waals surface area contributed by atoms with Crippen LogP contribution >= 0.6 is 0 Å². The molecule has 2 aromatic carbocycles. The molecule has 2 saturated carbocycles. The maximum absolute atomic E-state index is 14.1. The Balaban J connectivity index is 1.27. The standard InChI is InChI=1S/C47H58N2O12/c1-3-58-46(55)45-34(25-52)39(30-20-31(24-51)41(54)32(21-30)27-8-9-37-28(19-27)10-13-48-37)40-43(59-18-6-16-50)33-22-38(60-42(33)35(26-53)44(40)61-45)47(56)12-4-7-29-23-49(14-5-17-57-2)15-11-36(29)47/h8-10,13,19,25,29,31-32,36,38,48,50-51,53,56H,3-7,11-12,14-18,20-24,26H2,1-2H3/b39-30-/t29-,31+,32+,36-,38-,47+/m0/s1. The molecule has 2 aliphatic carbocycles. The maximum atomic E-state index is 14.1. The van der Waals surface area contributed by atoms with Crippen LogP contribution in [0.3, 0.4) is 0 Å². The van der Waals surface area contributed by atoms with Crippen molar-refractivity contribution in [1.29, 1.82) is 0 Å². The van der Waals surface area contributed by atoms with Crippen LogP contribution in [0.1, 0.15) is 86.5 Å². The highest BCUT2D eigenvalue weighted by Gasteiger charge is 2.55. The molecular formula is C47H58N2O12. The summed E-state index contributed by atoms with van der Waals surface area (Å²) in [6, 6.07) is 7.65. The van der Waals surface area contributed by atoms with Crippen molar-refractivity contribution in [1.82, 2.24) is 9.88 Å². The number of H-pyrrole nitrogens is 1. The summed E-state index contributed by atoms with van der Waals surface area (Å²) in [6.45, 7) is 3.86. The van der Waals surface area contributed by atoms with Crippen molar-refractivity contribution in [3.05, 3.63) is 69.6 Å². The van der Waals surface area contributed by atoms with Crippen LogP contribution in [-0.4, -0.2) is 120 Å². The van der Waals surface area contributed by atoms with E-state index in [0.717, 1.165) is 61.8 Å². The number of ether oxygens (including phenoxy) is 5. The van der Waals surface area contributed by atoms with Gasteiger partial charge in [-0.3, -0.25) is 9.59 Å². The number of methoxy groups -OCH3 is 1. The molecule has 14 nitrogen and oxygen atoms in total. The van der Waals surface area contributed by atoms with Gasteiger partial charge in [-0.15, -0.1) is 0 Å². The number of fused-ring (bicyclic) bond motifs is 4. The zero-order chi connectivity index (χ0) is 42.8. The summed E-state index contributed by atoms with van der Waals surface area (Å²) in [7, 11) is 1.71. The third kappa shape index (κ3) is 7.91. The number of aromatic amines is 1. The summed E-state index contributed by atoms with van der Waals surface area (Å²) >= 11 is 0. The second-order valence-electron chi connectivity index (χ2n) is 17.1. The zero-order valence-corrected chi connectivity index (χ0v) is 35.1. The van der Waals surface area contributed by atoms with E-state index in [2.05, 4.69) is 9.88 Å². The molecule has 6 atom stereocenters. The number of aldehydes is 1. The van der Waals surface area contributed by atoms with Gasteiger partial charge in [-0.1, -0.05) is 18.1 Å². The third-order valence-electron chi connectivity index (χ3n) is 13.7. The van der Waals surface area contributed by atoms with Crippen molar-refractivity contribution < 1.29 is 58.5 Å². The quantitative estimate of drug-likeness (QED) is 0.0814. The number of aliphatic hydroxyl groups is 4. The van der Waals surface area contributed by atoms with Gasteiger partial charge in [0, 0.05) is 80.9 Å². The van der Waals surface area contributed by atoms with Crippen LogP contribution in [0.15, 0.2) is 47.4 Å². The molecule has 61 heavy (non-hydrogen) atoms. The lowest BCUT2D eigenvalue weighted by Gasteiger charge is -2.51. The average Bonchev–Trinajstić information content (AvgIpc) is 3.94. The van der Waals surface area contributed by atoms with Crippen molar-refractivity contribution in [3.8, 4) is 17.2 Å². The minimum absolute atomic E-state index is 0.00952. The number of nitrogens with zero attached hydrogens (tertiary/aromatic N) is 1. The van der Waals surface area contributed by atoms with E-state index in [-0.39, 0.29) is 97.3 Å². The van der Waals surface area contributed by atoms with E-state index >= 15 is 0 Å². The third-order valence-corrected chi connectivity index (χ3v) is 13.7. The highest BCUT2D eigenvalue weighted by atomic mass is 16.6. The second-order valence-corrected chi connectivity index (χ2v) is 17.1. The Morgan fingerprint density at radius 1 is 1.08 bits per heavy atom. The number of aromatic nitrogens is 1. The molecule has 5 aliphatic rings. The zero-order valence-electron chi connectivity index (χ0n) is 35.1. The van der Waals surface area contributed by atoms with Crippen molar-refractivity contribution in [2.45, 2.75) is 88.9 Å². The lowest BCUT2D eigenvalue weighted by Crippen LogP contribution is -2.59. The van der Waals surface area contributed by atoms with E-state index in [9.17, 15) is 34.8 Å². The number of aliphatic hydroxyl groups excluding tert-OH is 3. The normalized spacial score (nSPS) is 27.6. The Kier molecular flexibility index (Phi) is 13.0. The molecule has 3 aromatic rings. The minimum atomic E-state index is -1.20. The van der Waals surface area contributed by atoms with Crippen LogP contribution in [0.25, 0.3) is 16.5 Å². The Bertz CT molecular complexity index is 2210. The molecule has 1 saturated heterocycles. The van der Waals surface area contributed by atoms with E-state index in [0.29, 0.717) is 41.6 Å². The molecule has 328 valence electrons. The smallest absolute Gasteiger partial charge is 0.375 e. The summed E-state index contributed by atoms with van der Waals surface area (Å²) in [5, 5.41) is 45.5. The van der Waals surface area contributed by atoms with Crippen molar-refractivity contribution in [3.63, 3.8) is 0 Å². The van der Waals surface area contributed by atoms with Crippen molar-refractivity contribution in [2.24, 2.45) is 17.8 Å². The van der Waals surface area contributed by atoms with Gasteiger partial charge in [0.2, 0.25) is 5.76 Å². The van der Waals surface area contributed by atoms with Gasteiger partial charge in [0.25, 0.3) is 0 Å². The number of carbonyl (C=O) groups is 3. The van der Waals surface area contributed by atoms with Gasteiger partial charge in [-0.25, -0.2) is 4.79 Å². The second kappa shape index (κ2) is 18.4. The Morgan fingerprint density at radius 2 is 1.93 bits per heavy atom. The molecule has 3 fully saturated rings. The molecule has 0 radical (unpaired) electrons. The predicted molar refractivity (Wildman–Crippen MR) is 224 cm³/mol. The van der Waals surface area contributed by atoms with Crippen molar-refractivity contribution in [2.75, 3.05) is 59.8 Å². The van der Waals surface area contributed by atoms with Gasteiger partial charge >= 0.3 is 5.97 Å². The summed E-state index contributed by atoms with van der Waals surface area (Å²) in [5.74, 6) is -2.10. The Labute approximate surface area is 355 Å². The number of benzene rings is 2. The maximum Gasteiger partial charge on any atom is 0.375 e. The molecule has 5 N–H and O–H groups in total. The predicted octanol–water partition coefficient (Wildman–Crippen LogP) is 4.53. The number of allylic oxidation sites excluding steroid dienone is 3. The van der Waals surface area contributed by atoms with E-state index in [1.165, 1.54) is 0 Å². The lowest BCUT2D eigenvalue weighted by molar-refractivity contribution is -0.151. The van der Waals surface area contributed by atoms with Crippen LogP contribution in [0.5, 0.6) is 17.2 Å². The van der Waals surface area contributed by atoms with E-state index < -0.39 is 42.7 Å². The molecule has 3 aliphatic heterocycles. The molecule has 0 bridgehead atoms. The first-order chi connectivity index (χ1) is 29.7. The van der Waals surface area contributed by atoms with Gasteiger partial charge in [0.05, 0.1) is 43.1 Å². The number of carbonyl (C=O) groups excluding carboxylic acids is 3. The fourth-order valence-electron chi connectivity index (χ4n) is 10.9. The number of piperidine rings is 1. The molecule has 8 rings (SSSR count). The molecule has 0 unspecified atom stereocenters. The molecule has 14 heteroatoms. The Morgan fingerprint density at radius 3 is 2.69 bits per heavy atom. The topological polar surface area (TPSA) is 197 Å². The van der Waals surface area contributed by atoms with Gasteiger partial charge in [0.1, 0.15) is 34.7 Å². The van der Waals surface area contributed by atoms with Gasteiger partial charge in [-0.05, 0) is 93.0 Å². The van der Waals surface area contributed by atoms with E-state index in [4.69, 9.17) is 23.7 Å². The van der Waals surface area contributed by atoms with Gasteiger partial charge in [0.15, 0.2) is 6.29 Å². The monoisotopic (exact) mass is 842 g/mol. The van der Waals surface area contributed by atoms with Gasteiger partial charge in [-0.2, -0.15) is 0 Å². The molecule has 1 aromatic heterocycles. The number of likely N-dealkylation sites (tertiary alicyclic amines) is 1. The van der Waals surface area contributed by atoms with Gasteiger partial charge < -0.3 is 54.0 Å². The lowest BCUT2D eigenvalue weighted by atomic mass is 9.63. The average molecular weight is 843 g/mol. The summed E-state index contributed by atoms with van der Waals surface area (Å²) < 4.78 is 30.5. The number of hydrogen-bond donors (Lipinski definition) is 5. The van der Waals surface area contributed by atoms with Crippen LogP contribution in [0.2, 0.25) is 0 Å². The van der Waals surface area contributed by atoms with Crippen LogP contribution in [-0.2, 0) is 36.9 Å². The number of ketones is 1.